The lowest BCUT2D eigenvalue weighted by atomic mass is 10.0. The summed E-state index contributed by atoms with van der Waals surface area (Å²) in [6.45, 7) is 4.39. The highest BCUT2D eigenvalue weighted by molar-refractivity contribution is 7.19. The van der Waals surface area contributed by atoms with Gasteiger partial charge in [0.2, 0.25) is 0 Å². The van der Waals surface area contributed by atoms with Gasteiger partial charge in [0.05, 0.1) is 30.2 Å². The van der Waals surface area contributed by atoms with E-state index in [1.165, 1.54) is 0 Å². The van der Waals surface area contributed by atoms with Crippen LogP contribution in [0.3, 0.4) is 0 Å². The third-order valence-corrected chi connectivity index (χ3v) is 6.19. The van der Waals surface area contributed by atoms with E-state index in [-0.39, 0.29) is 0 Å². The number of rotatable bonds is 3. The second-order valence-electron chi connectivity index (χ2n) is 5.98. The van der Waals surface area contributed by atoms with E-state index in [2.05, 4.69) is 21.3 Å². The summed E-state index contributed by atoms with van der Waals surface area (Å²) in [7, 11) is 0. The van der Waals surface area contributed by atoms with Crippen molar-refractivity contribution in [2.75, 3.05) is 44.3 Å². The Labute approximate surface area is 165 Å². The van der Waals surface area contributed by atoms with E-state index in [4.69, 9.17) is 27.9 Å². The number of hydrogen-bond acceptors (Lipinski definition) is 6. The first kappa shape index (κ1) is 17.6. The van der Waals surface area contributed by atoms with Crippen LogP contribution in [0.1, 0.15) is 10.4 Å². The topological polar surface area (TPSA) is 60.7 Å². The molecule has 134 valence electrons. The maximum atomic E-state index is 9.96. The molecule has 0 unspecified atom stereocenters. The van der Waals surface area contributed by atoms with Crippen molar-refractivity contribution in [1.82, 2.24) is 5.32 Å². The Kier molecular flexibility index (Phi) is 5.05. The minimum Gasteiger partial charge on any atom is -0.378 e. The first-order valence-electron chi connectivity index (χ1n) is 8.32. The summed E-state index contributed by atoms with van der Waals surface area (Å²) >= 11 is 14.1. The number of anilines is 1. The molecule has 2 aromatic rings. The molecule has 1 aromatic heterocycles. The van der Waals surface area contributed by atoms with E-state index in [9.17, 15) is 5.26 Å². The molecule has 1 saturated heterocycles. The Morgan fingerprint density at radius 3 is 2.73 bits per heavy atom. The molecule has 0 bridgehead atoms. The molecule has 0 saturated carbocycles. The zero-order valence-corrected chi connectivity index (χ0v) is 16.2. The molecule has 4 rings (SSSR count). The molecule has 2 aliphatic rings. The number of morpholine rings is 1. The van der Waals surface area contributed by atoms with Crippen LogP contribution in [0.5, 0.6) is 0 Å². The lowest BCUT2D eigenvalue weighted by molar-refractivity contribution is 0.123. The van der Waals surface area contributed by atoms with Gasteiger partial charge in [-0.15, -0.1) is 11.3 Å². The second-order valence-corrected chi connectivity index (χ2v) is 7.82. The SMILES string of the molecule is N#Cc1c(N2CCOCC2)sc(C2=NCCN2)c1-c1ccc(Cl)cc1Cl. The summed E-state index contributed by atoms with van der Waals surface area (Å²) in [5.74, 6) is 0.826. The van der Waals surface area contributed by atoms with Crippen LogP contribution < -0.4 is 10.2 Å². The lowest BCUT2D eigenvalue weighted by Crippen LogP contribution is -2.36. The van der Waals surface area contributed by atoms with Gasteiger partial charge in [-0.1, -0.05) is 29.3 Å². The first-order chi connectivity index (χ1) is 12.7. The van der Waals surface area contributed by atoms with Crippen molar-refractivity contribution in [2.24, 2.45) is 4.99 Å². The van der Waals surface area contributed by atoms with E-state index in [0.29, 0.717) is 28.8 Å². The Morgan fingerprint density at radius 2 is 2.08 bits per heavy atom. The van der Waals surface area contributed by atoms with E-state index in [1.54, 1.807) is 23.5 Å². The van der Waals surface area contributed by atoms with Crippen molar-refractivity contribution in [3.05, 3.63) is 38.7 Å². The van der Waals surface area contributed by atoms with Gasteiger partial charge in [0.25, 0.3) is 0 Å². The summed E-state index contributed by atoms with van der Waals surface area (Å²) in [6, 6.07) is 7.77. The molecule has 0 aliphatic carbocycles. The van der Waals surface area contributed by atoms with E-state index >= 15 is 0 Å². The highest BCUT2D eigenvalue weighted by Crippen LogP contribution is 2.45. The van der Waals surface area contributed by atoms with Crippen LogP contribution in [0.15, 0.2) is 23.2 Å². The molecule has 26 heavy (non-hydrogen) atoms. The standard InChI is InChI=1S/C18H16Cl2N4OS/c19-11-1-2-12(14(20)9-11)15-13(10-21)18(24-5-7-25-8-6-24)26-16(15)17-22-3-4-23-17/h1-2,9H,3-8H2,(H,22,23). The number of benzene rings is 1. The van der Waals surface area contributed by atoms with Gasteiger partial charge in [0.1, 0.15) is 16.9 Å². The molecular weight excluding hydrogens is 391 g/mol. The van der Waals surface area contributed by atoms with Crippen molar-refractivity contribution in [3.8, 4) is 17.2 Å². The van der Waals surface area contributed by atoms with Crippen molar-refractivity contribution < 1.29 is 4.74 Å². The molecule has 0 amide bonds. The monoisotopic (exact) mass is 406 g/mol. The number of hydrogen-bond donors (Lipinski definition) is 1. The third kappa shape index (κ3) is 3.17. The smallest absolute Gasteiger partial charge is 0.139 e. The second kappa shape index (κ2) is 7.45. The predicted octanol–water partition coefficient (Wildman–Crippen LogP) is 3.78. The Morgan fingerprint density at radius 1 is 1.27 bits per heavy atom. The van der Waals surface area contributed by atoms with Crippen molar-refractivity contribution in [2.45, 2.75) is 0 Å². The van der Waals surface area contributed by atoms with Crippen LogP contribution in [0.25, 0.3) is 11.1 Å². The normalized spacial score (nSPS) is 17.0. The minimum absolute atomic E-state index is 0.528. The average molecular weight is 407 g/mol. The van der Waals surface area contributed by atoms with Gasteiger partial charge in [-0.2, -0.15) is 5.26 Å². The van der Waals surface area contributed by atoms with Gasteiger partial charge in [0, 0.05) is 40.8 Å². The molecule has 1 aromatic carbocycles. The number of aliphatic imine (C=N–C) groups is 1. The fraction of sp³-hybridized carbons (Fsp3) is 0.333. The fourth-order valence-corrected chi connectivity index (χ4v) is 4.98. The quantitative estimate of drug-likeness (QED) is 0.842. The maximum absolute atomic E-state index is 9.96. The summed E-state index contributed by atoms with van der Waals surface area (Å²) in [5, 5.41) is 15.3. The largest absolute Gasteiger partial charge is 0.378 e. The van der Waals surface area contributed by atoms with Crippen LogP contribution in [0.4, 0.5) is 5.00 Å². The number of thiophene rings is 1. The number of nitrogens with one attached hydrogen (secondary N) is 1. The van der Waals surface area contributed by atoms with Crippen molar-refractivity contribution in [1.29, 1.82) is 5.26 Å². The minimum atomic E-state index is 0.528. The summed E-state index contributed by atoms with van der Waals surface area (Å²) in [4.78, 5) is 7.72. The Hall–Kier alpha value is -1.78. The molecule has 0 radical (unpaired) electrons. The van der Waals surface area contributed by atoms with Gasteiger partial charge in [0.15, 0.2) is 0 Å². The molecule has 5 nitrogen and oxygen atoms in total. The van der Waals surface area contributed by atoms with Gasteiger partial charge < -0.3 is 15.0 Å². The number of nitrogens with zero attached hydrogens (tertiary/aromatic N) is 3. The predicted molar refractivity (Wildman–Crippen MR) is 107 cm³/mol. The van der Waals surface area contributed by atoms with E-state index < -0.39 is 0 Å². The molecular formula is C18H16Cl2N4OS. The van der Waals surface area contributed by atoms with Crippen molar-refractivity contribution in [3.63, 3.8) is 0 Å². The zero-order chi connectivity index (χ0) is 18.1. The fourth-order valence-electron chi connectivity index (χ4n) is 3.18. The summed E-state index contributed by atoms with van der Waals surface area (Å²) < 4.78 is 5.46. The maximum Gasteiger partial charge on any atom is 0.139 e. The Balaban J connectivity index is 1.92. The van der Waals surface area contributed by atoms with E-state index in [1.807, 2.05) is 6.07 Å². The Bertz CT molecular complexity index is 913. The molecule has 0 spiro atoms. The summed E-state index contributed by atoms with van der Waals surface area (Å²) in [6.07, 6.45) is 0. The van der Waals surface area contributed by atoms with Crippen LogP contribution >= 0.6 is 34.5 Å². The van der Waals surface area contributed by atoms with Crippen LogP contribution in [0.2, 0.25) is 10.0 Å². The number of amidine groups is 1. The van der Waals surface area contributed by atoms with Crippen molar-refractivity contribution >= 4 is 45.4 Å². The highest BCUT2D eigenvalue weighted by Gasteiger charge is 2.28. The van der Waals surface area contributed by atoms with Gasteiger partial charge in [-0.3, -0.25) is 4.99 Å². The zero-order valence-electron chi connectivity index (χ0n) is 13.9. The summed E-state index contributed by atoms with van der Waals surface area (Å²) in [5.41, 5.74) is 2.26. The highest BCUT2D eigenvalue weighted by atomic mass is 35.5. The van der Waals surface area contributed by atoms with Crippen LogP contribution in [-0.2, 0) is 4.74 Å². The molecule has 8 heteroatoms. The molecule has 1 fully saturated rings. The number of nitriles is 1. The molecule has 0 atom stereocenters. The number of ether oxygens (including phenoxy) is 1. The molecule has 3 heterocycles. The number of halogens is 2. The van der Waals surface area contributed by atoms with Gasteiger partial charge in [-0.05, 0) is 12.1 Å². The van der Waals surface area contributed by atoms with Crippen LogP contribution in [0, 0.1) is 11.3 Å². The van der Waals surface area contributed by atoms with Gasteiger partial charge in [-0.25, -0.2) is 0 Å². The average Bonchev–Trinajstić information content (AvgIpc) is 3.30. The lowest BCUT2D eigenvalue weighted by Gasteiger charge is -2.27. The van der Waals surface area contributed by atoms with Gasteiger partial charge >= 0.3 is 0 Å². The first-order valence-corrected chi connectivity index (χ1v) is 9.90. The third-order valence-electron chi connectivity index (χ3n) is 4.39. The molecule has 1 N–H and O–H groups in total. The molecule has 2 aliphatic heterocycles. The van der Waals surface area contributed by atoms with Crippen LogP contribution in [-0.4, -0.2) is 45.2 Å². The van der Waals surface area contributed by atoms with E-state index in [0.717, 1.165) is 53.0 Å².